The van der Waals surface area contributed by atoms with Gasteiger partial charge in [0.15, 0.2) is 9.84 Å². The van der Waals surface area contributed by atoms with Crippen LogP contribution in [0.1, 0.15) is 47.7 Å². The number of alkyl halides is 6. The van der Waals surface area contributed by atoms with E-state index >= 15 is 0 Å². The SMILES string of the molecule is CCC(Cn1cc2c(n1)CCC(c1ccc(C(OCc3c(F)cccc3F)(C(F)(F)F)C(F)(F)F)cc1)(S(=O)(=O)c1ccc(F)cc1)C2)C(=O)O. The molecule has 0 amide bonds. The molecule has 2 unspecified atom stereocenters. The van der Waals surface area contributed by atoms with Crippen LogP contribution in [0.4, 0.5) is 39.5 Å². The number of benzene rings is 3. The Balaban J connectivity index is 1.63. The molecule has 1 aliphatic rings. The summed E-state index contributed by atoms with van der Waals surface area (Å²) in [6, 6.07) is 8.20. The van der Waals surface area contributed by atoms with Gasteiger partial charge in [-0.05, 0) is 73.2 Å². The number of nitrogens with zero attached hydrogens (tertiary/aromatic N) is 2. The molecule has 1 aliphatic carbocycles. The maximum atomic E-state index is 14.6. The first-order chi connectivity index (χ1) is 23.8. The number of hydrogen-bond acceptors (Lipinski definition) is 5. The van der Waals surface area contributed by atoms with E-state index in [4.69, 9.17) is 0 Å². The fourth-order valence-electron chi connectivity index (χ4n) is 6.34. The first kappa shape index (κ1) is 37.9. The van der Waals surface area contributed by atoms with E-state index < -0.39 is 79.6 Å². The van der Waals surface area contributed by atoms with Crippen molar-refractivity contribution in [3.63, 3.8) is 0 Å². The van der Waals surface area contributed by atoms with Crippen LogP contribution in [0.2, 0.25) is 0 Å². The number of aryl methyl sites for hydroxylation is 1. The summed E-state index contributed by atoms with van der Waals surface area (Å²) < 4.78 is 162. The van der Waals surface area contributed by atoms with E-state index in [2.05, 4.69) is 9.84 Å². The highest BCUT2D eigenvalue weighted by atomic mass is 32.2. The van der Waals surface area contributed by atoms with Gasteiger partial charge >= 0.3 is 18.3 Å². The Bertz CT molecular complexity index is 1980. The zero-order valence-corrected chi connectivity index (χ0v) is 27.3. The predicted octanol–water partition coefficient (Wildman–Crippen LogP) is 7.81. The molecule has 4 aromatic rings. The van der Waals surface area contributed by atoms with Crippen LogP contribution in [0.15, 0.2) is 77.8 Å². The van der Waals surface area contributed by atoms with Gasteiger partial charge in [0, 0.05) is 17.3 Å². The Morgan fingerprint density at radius 2 is 1.53 bits per heavy atom. The van der Waals surface area contributed by atoms with Crippen molar-refractivity contribution in [2.75, 3.05) is 0 Å². The third-order valence-electron chi connectivity index (χ3n) is 9.16. The highest BCUT2D eigenvalue weighted by molar-refractivity contribution is 7.92. The molecule has 0 aliphatic heterocycles. The molecule has 1 heterocycles. The average Bonchev–Trinajstić information content (AvgIpc) is 3.45. The lowest BCUT2D eigenvalue weighted by Gasteiger charge is -2.39. The van der Waals surface area contributed by atoms with Gasteiger partial charge in [0.1, 0.15) is 22.2 Å². The number of carboxylic acids is 1. The number of carboxylic acid groups (broad SMARTS) is 1. The molecule has 17 heteroatoms. The van der Waals surface area contributed by atoms with Gasteiger partial charge in [0.25, 0.3) is 5.60 Å². The monoisotopic (exact) mass is 748 g/mol. The third kappa shape index (κ3) is 6.72. The van der Waals surface area contributed by atoms with Crippen molar-refractivity contribution in [1.29, 1.82) is 0 Å². The normalized spacial score (nSPS) is 17.6. The van der Waals surface area contributed by atoms with E-state index in [1.165, 1.54) is 10.9 Å². The zero-order chi connectivity index (χ0) is 37.6. The summed E-state index contributed by atoms with van der Waals surface area (Å²) >= 11 is 0. The second-order valence-corrected chi connectivity index (χ2v) is 14.4. The molecule has 0 spiro atoms. The van der Waals surface area contributed by atoms with Crippen molar-refractivity contribution >= 4 is 15.8 Å². The van der Waals surface area contributed by atoms with Gasteiger partial charge in [-0.15, -0.1) is 0 Å². The number of aliphatic carboxylic acids is 1. The summed E-state index contributed by atoms with van der Waals surface area (Å²) in [7, 11) is -4.59. The summed E-state index contributed by atoms with van der Waals surface area (Å²) in [6.45, 7) is -0.170. The molecule has 0 saturated carbocycles. The van der Waals surface area contributed by atoms with Crippen molar-refractivity contribution in [2.24, 2.45) is 5.92 Å². The number of ether oxygens (including phenoxy) is 1. The minimum absolute atomic E-state index is 0.0409. The van der Waals surface area contributed by atoms with Gasteiger partial charge in [-0.3, -0.25) is 9.48 Å². The van der Waals surface area contributed by atoms with Crippen molar-refractivity contribution in [3.8, 4) is 0 Å². The molecule has 274 valence electrons. The molecule has 0 fully saturated rings. The van der Waals surface area contributed by atoms with Crippen LogP contribution in [-0.2, 0) is 55.7 Å². The zero-order valence-electron chi connectivity index (χ0n) is 26.5. The number of hydrogen-bond donors (Lipinski definition) is 1. The molecule has 51 heavy (non-hydrogen) atoms. The molecule has 0 saturated heterocycles. The van der Waals surface area contributed by atoms with Crippen molar-refractivity contribution in [3.05, 3.63) is 118 Å². The number of halogens is 9. The molecular formula is C34H29F9N2O5S. The van der Waals surface area contributed by atoms with E-state index in [1.54, 1.807) is 6.92 Å². The Morgan fingerprint density at radius 3 is 2.06 bits per heavy atom. The van der Waals surface area contributed by atoms with Crippen molar-refractivity contribution in [2.45, 2.75) is 73.4 Å². The van der Waals surface area contributed by atoms with Gasteiger partial charge in [0.2, 0.25) is 0 Å². The van der Waals surface area contributed by atoms with E-state index in [0.717, 1.165) is 42.5 Å². The van der Waals surface area contributed by atoms with Gasteiger partial charge in [0.05, 0.1) is 29.7 Å². The lowest BCUT2D eigenvalue weighted by atomic mass is 9.81. The number of aromatic nitrogens is 2. The third-order valence-corrected chi connectivity index (χ3v) is 11.7. The van der Waals surface area contributed by atoms with Gasteiger partial charge in [-0.25, -0.2) is 21.6 Å². The quantitative estimate of drug-likeness (QED) is 0.124. The first-order valence-corrected chi connectivity index (χ1v) is 16.8. The van der Waals surface area contributed by atoms with Gasteiger partial charge in [-0.1, -0.05) is 37.3 Å². The molecular weight excluding hydrogens is 719 g/mol. The van der Waals surface area contributed by atoms with E-state index in [-0.39, 0.29) is 42.7 Å². The van der Waals surface area contributed by atoms with Crippen LogP contribution < -0.4 is 0 Å². The average molecular weight is 749 g/mol. The highest BCUT2D eigenvalue weighted by Gasteiger charge is 2.73. The largest absolute Gasteiger partial charge is 0.481 e. The molecule has 0 radical (unpaired) electrons. The molecule has 3 aromatic carbocycles. The smallest absolute Gasteiger partial charge is 0.430 e. The number of carbonyl (C=O) groups is 1. The summed E-state index contributed by atoms with van der Waals surface area (Å²) in [6.07, 6.45) is -11.4. The lowest BCUT2D eigenvalue weighted by molar-refractivity contribution is -0.392. The van der Waals surface area contributed by atoms with Crippen LogP contribution in [0.5, 0.6) is 0 Å². The number of fused-ring (bicyclic) bond motifs is 1. The summed E-state index contributed by atoms with van der Waals surface area (Å²) in [5, 5.41) is 13.9. The topological polar surface area (TPSA) is 98.5 Å². The van der Waals surface area contributed by atoms with Crippen LogP contribution in [0.3, 0.4) is 0 Å². The second-order valence-electron chi connectivity index (χ2n) is 12.1. The lowest BCUT2D eigenvalue weighted by Crippen LogP contribution is -2.56. The molecule has 0 bridgehead atoms. The van der Waals surface area contributed by atoms with Crippen molar-refractivity contribution < 1.29 is 62.6 Å². The Labute approximate surface area is 285 Å². The standard InChI is InChI=1S/C34H29F9N2O5S/c1-2-20(30(46)47)17-45-18-21-16-31(15-14-29(21)44-45,51(48,49)25-12-10-24(35)11-13-25)22-6-8-23(9-7-22)32(33(38,39)40,34(41,42)43)50-19-26-27(36)4-3-5-28(26)37/h3-13,18,20H,2,14-17,19H2,1H3,(H,46,47). The first-order valence-electron chi connectivity index (χ1n) is 15.4. The maximum Gasteiger partial charge on any atom is 0.430 e. The molecule has 2 atom stereocenters. The summed E-state index contributed by atoms with van der Waals surface area (Å²) in [5.41, 5.74) is -7.28. The minimum atomic E-state index is -6.23. The van der Waals surface area contributed by atoms with Gasteiger partial charge in [-0.2, -0.15) is 31.4 Å². The second kappa shape index (κ2) is 13.6. The summed E-state index contributed by atoms with van der Waals surface area (Å²) in [4.78, 5) is 11.2. The van der Waals surface area contributed by atoms with E-state index in [1.807, 2.05) is 0 Å². The Hall–Kier alpha value is -4.38. The molecule has 1 aromatic heterocycles. The fraction of sp³-hybridized carbons (Fsp3) is 0.353. The highest BCUT2D eigenvalue weighted by Crippen LogP contribution is 2.54. The van der Waals surface area contributed by atoms with Gasteiger partial charge < -0.3 is 9.84 Å². The number of rotatable bonds is 11. The summed E-state index contributed by atoms with van der Waals surface area (Å²) in [5.74, 6) is -5.56. The minimum Gasteiger partial charge on any atom is -0.481 e. The molecule has 1 N–H and O–H groups in total. The molecule has 7 nitrogen and oxygen atoms in total. The predicted molar refractivity (Wildman–Crippen MR) is 162 cm³/mol. The van der Waals surface area contributed by atoms with Crippen LogP contribution in [0.25, 0.3) is 0 Å². The van der Waals surface area contributed by atoms with E-state index in [9.17, 15) is 57.8 Å². The van der Waals surface area contributed by atoms with E-state index in [0.29, 0.717) is 35.5 Å². The fourth-order valence-corrected chi connectivity index (χ4v) is 8.45. The van der Waals surface area contributed by atoms with Crippen LogP contribution in [-0.4, -0.2) is 41.6 Å². The maximum absolute atomic E-state index is 14.6. The Morgan fingerprint density at radius 1 is 0.941 bits per heavy atom. The number of sulfone groups is 1. The Kier molecular flexibility index (Phi) is 10.1. The molecule has 5 rings (SSSR count). The van der Waals surface area contributed by atoms with Crippen LogP contribution in [0, 0.1) is 23.4 Å². The van der Waals surface area contributed by atoms with Crippen molar-refractivity contribution in [1.82, 2.24) is 9.78 Å². The van der Waals surface area contributed by atoms with Crippen LogP contribution >= 0.6 is 0 Å².